The van der Waals surface area contributed by atoms with Gasteiger partial charge in [-0.25, -0.2) is 4.79 Å². The van der Waals surface area contributed by atoms with Crippen LogP contribution in [0.3, 0.4) is 0 Å². The van der Waals surface area contributed by atoms with Crippen molar-refractivity contribution in [2.75, 3.05) is 10.6 Å². The Balaban J connectivity index is 2.24. The predicted molar refractivity (Wildman–Crippen MR) is 124 cm³/mol. The summed E-state index contributed by atoms with van der Waals surface area (Å²) in [5, 5.41) is 16.3. The summed E-state index contributed by atoms with van der Waals surface area (Å²) in [6, 6.07) is 15.6. The third-order valence-corrected chi connectivity index (χ3v) is 3.89. The molecule has 2 amide bonds. The molecule has 8 nitrogen and oxygen atoms in total. The molecule has 0 heterocycles. The summed E-state index contributed by atoms with van der Waals surface area (Å²) in [7, 11) is 0. The lowest BCUT2D eigenvalue weighted by atomic mass is 10.0. The largest absolute Gasteiger partial charge is 0.398 e. The zero-order valence-electron chi connectivity index (χ0n) is 17.1. The van der Waals surface area contributed by atoms with E-state index in [1.807, 2.05) is 32.0 Å². The number of nitrogens with two attached hydrogens (primary N) is 2. The van der Waals surface area contributed by atoms with E-state index < -0.39 is 0 Å². The maximum atomic E-state index is 12.1. The smallest absolute Gasteiger partial charge is 0.323 e. The van der Waals surface area contributed by atoms with E-state index in [-0.39, 0.29) is 29.2 Å². The average Bonchev–Trinajstić information content (AvgIpc) is 2.68. The molecule has 0 fully saturated rings. The quantitative estimate of drug-likeness (QED) is 0.310. The van der Waals surface area contributed by atoms with E-state index in [0.717, 1.165) is 0 Å². The lowest BCUT2D eigenvalue weighted by Crippen LogP contribution is -2.31. The molecule has 0 aliphatic carbocycles. The summed E-state index contributed by atoms with van der Waals surface area (Å²) in [5.41, 5.74) is 14.6. The van der Waals surface area contributed by atoms with Crippen LogP contribution in [0.1, 0.15) is 19.4 Å². The molecule has 0 aliphatic rings. The number of nitrogens with zero attached hydrogens (tertiary/aromatic N) is 1. The Morgan fingerprint density at radius 3 is 2.10 bits per heavy atom. The molecule has 2 aromatic carbocycles. The van der Waals surface area contributed by atoms with Crippen molar-refractivity contribution in [2.24, 2.45) is 16.5 Å². The van der Waals surface area contributed by atoms with Gasteiger partial charge in [0.25, 0.3) is 0 Å². The number of hydrogen-bond donors (Lipinski definition) is 6. The number of benzene rings is 2. The number of carbonyl (C=O) groups is 1. The number of nitrogens with one attached hydrogen (secondary N) is 4. The summed E-state index contributed by atoms with van der Waals surface area (Å²) in [6.07, 6.45) is 1.45. The van der Waals surface area contributed by atoms with Gasteiger partial charge in [0.05, 0.1) is 11.3 Å². The second-order valence-corrected chi connectivity index (χ2v) is 6.64. The molecule has 0 atom stereocenters. The molecular weight excluding hydrogens is 378 g/mol. The number of urea groups is 1. The highest BCUT2D eigenvalue weighted by Gasteiger charge is 2.16. The maximum Gasteiger partial charge on any atom is 0.323 e. The summed E-state index contributed by atoms with van der Waals surface area (Å²) in [6.45, 7) is 7.44. The average molecular weight is 406 g/mol. The zero-order valence-corrected chi connectivity index (χ0v) is 17.1. The molecular formula is C22H27N7O. The number of para-hydroxylation sites is 1. The summed E-state index contributed by atoms with van der Waals surface area (Å²) >= 11 is 0. The van der Waals surface area contributed by atoms with Gasteiger partial charge in [0, 0.05) is 17.4 Å². The van der Waals surface area contributed by atoms with Crippen LogP contribution >= 0.6 is 0 Å². The lowest BCUT2D eigenvalue weighted by Gasteiger charge is -2.15. The van der Waals surface area contributed by atoms with Crippen LogP contribution in [0.4, 0.5) is 16.2 Å². The van der Waals surface area contributed by atoms with E-state index in [4.69, 9.17) is 16.9 Å². The second-order valence-electron chi connectivity index (χ2n) is 6.64. The second kappa shape index (κ2) is 10.5. The first-order valence-corrected chi connectivity index (χ1v) is 9.35. The summed E-state index contributed by atoms with van der Waals surface area (Å²) in [5.74, 6) is 0.153. The lowest BCUT2D eigenvalue weighted by molar-refractivity contribution is 0.262. The van der Waals surface area contributed by atoms with Crippen LogP contribution < -0.4 is 27.4 Å². The first kappa shape index (κ1) is 22.2. The zero-order chi connectivity index (χ0) is 22.1. The number of anilines is 2. The fourth-order valence-electron chi connectivity index (χ4n) is 2.62. The molecule has 0 spiro atoms. The molecule has 0 saturated heterocycles. The minimum atomic E-state index is -0.358. The normalized spacial score (nSPS) is 12.0. The van der Waals surface area contributed by atoms with E-state index in [1.54, 1.807) is 36.4 Å². The molecule has 30 heavy (non-hydrogen) atoms. The van der Waals surface area contributed by atoms with Crippen molar-refractivity contribution in [3.8, 4) is 0 Å². The van der Waals surface area contributed by atoms with Crippen molar-refractivity contribution in [1.29, 1.82) is 5.41 Å². The molecule has 0 aliphatic heterocycles. The Bertz CT molecular complexity index is 961. The third kappa shape index (κ3) is 6.23. The third-order valence-electron chi connectivity index (χ3n) is 3.89. The van der Waals surface area contributed by atoms with Crippen molar-refractivity contribution in [2.45, 2.75) is 19.9 Å². The summed E-state index contributed by atoms with van der Waals surface area (Å²) < 4.78 is 0. The van der Waals surface area contributed by atoms with Crippen LogP contribution in [0.25, 0.3) is 5.70 Å². The minimum Gasteiger partial charge on any atom is -0.398 e. The van der Waals surface area contributed by atoms with Crippen molar-refractivity contribution in [3.63, 3.8) is 0 Å². The first-order valence-electron chi connectivity index (χ1n) is 9.35. The Hall–Kier alpha value is -4.07. The van der Waals surface area contributed by atoms with E-state index in [1.165, 1.54) is 6.20 Å². The Labute approximate surface area is 176 Å². The van der Waals surface area contributed by atoms with Gasteiger partial charge in [-0.05, 0) is 49.9 Å². The van der Waals surface area contributed by atoms with Gasteiger partial charge in [-0.15, -0.1) is 0 Å². The number of carbonyl (C=O) groups excluding carboxylic acids is 1. The Morgan fingerprint density at radius 2 is 1.60 bits per heavy atom. The van der Waals surface area contributed by atoms with Gasteiger partial charge in [-0.3, -0.25) is 10.4 Å². The standard InChI is InChI=1S/C22H27N7O/c1-4-26-21(27-14(2)3)18(20(24)25)19(23)15-10-12-17(13-11-15)29-22(30)28-16-8-6-5-7-9-16/h4-14H,1,23H2,2-3H3,(H3,24,25)(H,26,27)(H2,28,29,30). The van der Waals surface area contributed by atoms with Crippen molar-refractivity contribution >= 4 is 34.8 Å². The van der Waals surface area contributed by atoms with Crippen LogP contribution in [0.5, 0.6) is 0 Å². The molecule has 2 aromatic rings. The van der Waals surface area contributed by atoms with Crippen molar-refractivity contribution in [1.82, 2.24) is 5.32 Å². The van der Waals surface area contributed by atoms with E-state index >= 15 is 0 Å². The number of amides is 2. The number of rotatable bonds is 7. The van der Waals surface area contributed by atoms with E-state index in [0.29, 0.717) is 22.8 Å². The predicted octanol–water partition coefficient (Wildman–Crippen LogP) is 3.48. The molecule has 2 rings (SSSR count). The van der Waals surface area contributed by atoms with E-state index in [2.05, 4.69) is 27.5 Å². The highest BCUT2D eigenvalue weighted by molar-refractivity contribution is 6.26. The van der Waals surface area contributed by atoms with Crippen molar-refractivity contribution < 1.29 is 4.79 Å². The van der Waals surface area contributed by atoms with Gasteiger partial charge in [0.15, 0.2) is 0 Å². The monoisotopic (exact) mass is 405 g/mol. The number of aliphatic imine (C=N–C) groups is 1. The fraction of sp³-hybridized carbons (Fsp3) is 0.136. The van der Waals surface area contributed by atoms with Crippen LogP contribution in [-0.2, 0) is 0 Å². The fourth-order valence-corrected chi connectivity index (χ4v) is 2.62. The molecule has 0 saturated carbocycles. The van der Waals surface area contributed by atoms with Crippen LogP contribution in [0.2, 0.25) is 0 Å². The highest BCUT2D eigenvalue weighted by atomic mass is 16.2. The topological polar surface area (TPSA) is 141 Å². The Morgan fingerprint density at radius 1 is 1.03 bits per heavy atom. The van der Waals surface area contributed by atoms with E-state index in [9.17, 15) is 4.79 Å². The van der Waals surface area contributed by atoms with Gasteiger partial charge in [-0.2, -0.15) is 0 Å². The number of amidine groups is 2. The molecule has 0 aromatic heterocycles. The summed E-state index contributed by atoms with van der Waals surface area (Å²) in [4.78, 5) is 16.6. The van der Waals surface area contributed by atoms with Crippen LogP contribution in [0.15, 0.2) is 77.9 Å². The molecule has 8 N–H and O–H groups in total. The highest BCUT2D eigenvalue weighted by Crippen LogP contribution is 2.18. The van der Waals surface area contributed by atoms with Gasteiger partial charge >= 0.3 is 6.03 Å². The van der Waals surface area contributed by atoms with Crippen molar-refractivity contribution in [3.05, 3.63) is 78.5 Å². The molecule has 0 radical (unpaired) electrons. The van der Waals surface area contributed by atoms with Crippen LogP contribution in [0, 0.1) is 5.41 Å². The minimum absolute atomic E-state index is 0.0377. The van der Waals surface area contributed by atoms with Crippen LogP contribution in [-0.4, -0.2) is 23.7 Å². The number of hydrogen-bond acceptors (Lipinski definition) is 4. The Kier molecular flexibility index (Phi) is 7.75. The SMILES string of the molecule is C=CNC(=NC(C)C)C(C(=N)N)=C(N)c1ccc(NC(=O)Nc2ccccc2)cc1. The first-order chi connectivity index (χ1) is 14.3. The maximum absolute atomic E-state index is 12.1. The molecule has 8 heteroatoms. The van der Waals surface area contributed by atoms with Gasteiger partial charge < -0.3 is 27.4 Å². The van der Waals surface area contributed by atoms with Gasteiger partial charge in [-0.1, -0.05) is 36.9 Å². The van der Waals surface area contributed by atoms with Gasteiger partial charge in [0.2, 0.25) is 0 Å². The van der Waals surface area contributed by atoms with Gasteiger partial charge in [0.1, 0.15) is 11.7 Å². The molecule has 0 bridgehead atoms. The molecule has 0 unspecified atom stereocenters. The molecule has 156 valence electrons.